The SMILES string of the molecule is COP(O)(=S)SCc1ccccc1. The molecule has 1 rings (SSSR count). The standard InChI is InChI=1S/C8H11O2PS2/c1-10-11(9,12)13-7-8-5-3-2-4-6-8/h2-6H,7H2,1H3,(H,9,12). The van der Waals surface area contributed by atoms with E-state index in [9.17, 15) is 4.89 Å². The van der Waals surface area contributed by atoms with Crippen molar-refractivity contribution in [3.05, 3.63) is 35.9 Å². The molecule has 0 heterocycles. The summed E-state index contributed by atoms with van der Waals surface area (Å²) in [5, 5.41) is 0. The van der Waals surface area contributed by atoms with Gasteiger partial charge in [-0.1, -0.05) is 41.7 Å². The van der Waals surface area contributed by atoms with E-state index in [2.05, 4.69) is 0 Å². The second-order valence-electron chi connectivity index (χ2n) is 2.41. The number of hydrogen-bond donors (Lipinski definition) is 1. The lowest BCUT2D eigenvalue weighted by molar-refractivity contribution is 0.404. The third-order valence-electron chi connectivity index (χ3n) is 1.47. The minimum atomic E-state index is -2.59. The van der Waals surface area contributed by atoms with Crippen molar-refractivity contribution < 1.29 is 9.42 Å². The molecule has 0 fully saturated rings. The zero-order valence-corrected chi connectivity index (χ0v) is 9.74. The van der Waals surface area contributed by atoms with Crippen LogP contribution < -0.4 is 0 Å². The summed E-state index contributed by atoms with van der Waals surface area (Å²) in [7, 11) is 1.44. The molecule has 72 valence electrons. The first-order valence-corrected chi connectivity index (χ1v) is 7.97. The van der Waals surface area contributed by atoms with Crippen LogP contribution in [0.5, 0.6) is 0 Å². The van der Waals surface area contributed by atoms with Crippen LogP contribution in [0.15, 0.2) is 30.3 Å². The molecule has 1 unspecified atom stereocenters. The van der Waals surface area contributed by atoms with E-state index in [1.54, 1.807) is 0 Å². The molecule has 0 bridgehead atoms. The van der Waals surface area contributed by atoms with Crippen molar-refractivity contribution in [3.63, 3.8) is 0 Å². The Hall–Kier alpha value is 0.140. The summed E-state index contributed by atoms with van der Waals surface area (Å²) in [6.07, 6.45) is 0. The molecule has 0 saturated heterocycles. The van der Waals surface area contributed by atoms with Crippen LogP contribution in [-0.4, -0.2) is 12.0 Å². The van der Waals surface area contributed by atoms with Gasteiger partial charge in [-0.05, 0) is 17.4 Å². The summed E-state index contributed by atoms with van der Waals surface area (Å²) < 4.78 is 4.80. The van der Waals surface area contributed by atoms with Crippen LogP contribution in [0.4, 0.5) is 0 Å². The largest absolute Gasteiger partial charge is 0.337 e. The highest BCUT2D eigenvalue weighted by Crippen LogP contribution is 2.56. The normalized spacial score (nSPS) is 15.2. The Labute approximate surface area is 87.2 Å². The number of rotatable bonds is 4. The molecule has 2 nitrogen and oxygen atoms in total. The van der Waals surface area contributed by atoms with Crippen molar-refractivity contribution >= 4 is 28.9 Å². The van der Waals surface area contributed by atoms with Crippen LogP contribution >= 0.6 is 17.1 Å². The van der Waals surface area contributed by atoms with Gasteiger partial charge in [-0.25, -0.2) is 0 Å². The first kappa shape index (κ1) is 11.2. The molecular formula is C8H11O2PS2. The maximum Gasteiger partial charge on any atom is 0.244 e. The van der Waals surface area contributed by atoms with E-state index in [0.717, 1.165) is 5.56 Å². The van der Waals surface area contributed by atoms with Crippen molar-refractivity contribution in [1.29, 1.82) is 0 Å². The van der Waals surface area contributed by atoms with Crippen molar-refractivity contribution in [2.45, 2.75) is 5.75 Å². The highest BCUT2D eigenvalue weighted by Gasteiger charge is 2.11. The Morgan fingerprint density at radius 1 is 1.46 bits per heavy atom. The third kappa shape index (κ3) is 4.25. The van der Waals surface area contributed by atoms with Gasteiger partial charge in [0.1, 0.15) is 0 Å². The van der Waals surface area contributed by atoms with E-state index in [0.29, 0.717) is 5.75 Å². The van der Waals surface area contributed by atoms with Crippen molar-refractivity contribution in [3.8, 4) is 0 Å². The lowest BCUT2D eigenvalue weighted by atomic mass is 10.2. The summed E-state index contributed by atoms with van der Waals surface area (Å²) in [5.74, 6) is 0.697. The first-order valence-electron chi connectivity index (χ1n) is 3.71. The molecule has 1 aromatic carbocycles. The van der Waals surface area contributed by atoms with Gasteiger partial charge < -0.3 is 9.42 Å². The Morgan fingerprint density at radius 2 is 2.08 bits per heavy atom. The minimum Gasteiger partial charge on any atom is -0.337 e. The van der Waals surface area contributed by atoms with Crippen molar-refractivity contribution in [1.82, 2.24) is 0 Å². The second kappa shape index (κ2) is 5.13. The van der Waals surface area contributed by atoms with Gasteiger partial charge in [0.05, 0.1) is 0 Å². The maximum absolute atomic E-state index is 9.45. The second-order valence-corrected chi connectivity index (χ2v) is 8.70. The van der Waals surface area contributed by atoms with E-state index < -0.39 is 5.69 Å². The molecule has 0 spiro atoms. The quantitative estimate of drug-likeness (QED) is 0.811. The maximum atomic E-state index is 9.45. The number of hydrogen-bond acceptors (Lipinski definition) is 3. The molecule has 0 aliphatic carbocycles. The summed E-state index contributed by atoms with van der Waals surface area (Å²) in [5.41, 5.74) is -1.44. The molecule has 0 radical (unpaired) electrons. The Balaban J connectivity index is 2.49. The van der Waals surface area contributed by atoms with E-state index in [4.69, 9.17) is 16.3 Å². The zero-order valence-electron chi connectivity index (χ0n) is 7.21. The van der Waals surface area contributed by atoms with Crippen LogP contribution in [-0.2, 0) is 22.1 Å². The Kier molecular flexibility index (Phi) is 4.42. The van der Waals surface area contributed by atoms with Crippen LogP contribution in [0.2, 0.25) is 0 Å². The molecule has 0 amide bonds. The molecule has 0 aromatic heterocycles. The van der Waals surface area contributed by atoms with Gasteiger partial charge >= 0.3 is 0 Å². The van der Waals surface area contributed by atoms with Gasteiger partial charge in [0.15, 0.2) is 0 Å². The predicted octanol–water partition coefficient (Wildman–Crippen LogP) is 2.78. The highest BCUT2D eigenvalue weighted by molar-refractivity contribution is 8.67. The van der Waals surface area contributed by atoms with Gasteiger partial charge in [-0.3, -0.25) is 0 Å². The molecule has 13 heavy (non-hydrogen) atoms. The summed E-state index contributed by atoms with van der Waals surface area (Å²) in [6.45, 7) is 0. The molecule has 0 aliphatic rings. The van der Waals surface area contributed by atoms with Crippen molar-refractivity contribution in [2.75, 3.05) is 7.11 Å². The first-order chi connectivity index (χ1) is 6.14. The predicted molar refractivity (Wildman–Crippen MR) is 61.2 cm³/mol. The van der Waals surface area contributed by atoms with E-state index in [-0.39, 0.29) is 0 Å². The van der Waals surface area contributed by atoms with Crippen LogP contribution in [0.25, 0.3) is 0 Å². The third-order valence-corrected chi connectivity index (χ3v) is 5.93. The fourth-order valence-corrected chi connectivity index (χ4v) is 3.12. The van der Waals surface area contributed by atoms with Gasteiger partial charge in [-0.2, -0.15) is 0 Å². The monoisotopic (exact) mass is 234 g/mol. The average molecular weight is 234 g/mol. The molecule has 5 heteroatoms. The molecule has 1 N–H and O–H groups in total. The highest BCUT2D eigenvalue weighted by atomic mass is 32.9. The fourth-order valence-electron chi connectivity index (χ4n) is 0.783. The lowest BCUT2D eigenvalue weighted by Crippen LogP contribution is -1.81. The van der Waals surface area contributed by atoms with E-state index in [1.165, 1.54) is 18.5 Å². The van der Waals surface area contributed by atoms with Crippen LogP contribution in [0.1, 0.15) is 5.56 Å². The smallest absolute Gasteiger partial charge is 0.244 e. The average Bonchev–Trinajstić information content (AvgIpc) is 2.17. The van der Waals surface area contributed by atoms with Gasteiger partial charge in [0.25, 0.3) is 0 Å². The molecule has 0 aliphatic heterocycles. The summed E-state index contributed by atoms with van der Waals surface area (Å²) in [6, 6.07) is 9.88. The van der Waals surface area contributed by atoms with Crippen molar-refractivity contribution in [2.24, 2.45) is 0 Å². The van der Waals surface area contributed by atoms with Gasteiger partial charge in [-0.15, -0.1) is 0 Å². The van der Waals surface area contributed by atoms with Gasteiger partial charge in [0.2, 0.25) is 5.69 Å². The summed E-state index contributed by atoms with van der Waals surface area (Å²) >= 11 is 6.14. The molecular weight excluding hydrogens is 223 g/mol. The van der Waals surface area contributed by atoms with Gasteiger partial charge in [0, 0.05) is 12.9 Å². The van der Waals surface area contributed by atoms with E-state index >= 15 is 0 Å². The summed E-state index contributed by atoms with van der Waals surface area (Å²) in [4.78, 5) is 9.45. The molecule has 1 aromatic rings. The minimum absolute atomic E-state index is 0.697. The number of benzene rings is 1. The molecule has 0 saturated carbocycles. The molecule has 1 atom stereocenters. The van der Waals surface area contributed by atoms with Crippen LogP contribution in [0, 0.1) is 0 Å². The Bertz CT molecular complexity index is 302. The lowest BCUT2D eigenvalue weighted by Gasteiger charge is -2.10. The van der Waals surface area contributed by atoms with Crippen LogP contribution in [0.3, 0.4) is 0 Å². The Morgan fingerprint density at radius 3 is 2.62 bits per heavy atom. The zero-order chi connectivity index (χ0) is 9.73. The fraction of sp³-hybridized carbons (Fsp3) is 0.250. The van der Waals surface area contributed by atoms with E-state index in [1.807, 2.05) is 30.3 Å². The topological polar surface area (TPSA) is 29.5 Å².